The highest BCUT2D eigenvalue weighted by Gasteiger charge is 2.28. The maximum atomic E-state index is 12.7. The van der Waals surface area contributed by atoms with Crippen molar-refractivity contribution in [1.82, 2.24) is 24.0 Å². The molecule has 10 nitrogen and oxygen atoms in total. The molecular formula is C19H22N6O4S. The summed E-state index contributed by atoms with van der Waals surface area (Å²) in [6.45, 7) is 2.71. The predicted molar refractivity (Wildman–Crippen MR) is 108 cm³/mol. The number of imidazole rings is 1. The first kappa shape index (κ1) is 20.2. The highest BCUT2D eigenvalue weighted by atomic mass is 32.2. The Bertz CT molecular complexity index is 1150. The van der Waals surface area contributed by atoms with Gasteiger partial charge in [-0.15, -0.1) is 0 Å². The first-order chi connectivity index (χ1) is 14.4. The number of nitrogens with zero attached hydrogens (tertiary/aromatic N) is 5. The van der Waals surface area contributed by atoms with Crippen molar-refractivity contribution in [3.05, 3.63) is 42.6 Å². The molecule has 1 fully saturated rings. The molecule has 1 saturated heterocycles. The first-order valence-electron chi connectivity index (χ1n) is 9.64. The Morgan fingerprint density at radius 1 is 1.23 bits per heavy atom. The minimum absolute atomic E-state index is 0.0242. The lowest BCUT2D eigenvalue weighted by Crippen LogP contribution is -2.35. The Balaban J connectivity index is 1.48. The Labute approximate surface area is 174 Å². The lowest BCUT2D eigenvalue weighted by atomic mass is 10.2. The van der Waals surface area contributed by atoms with Crippen LogP contribution in [-0.2, 0) is 21.4 Å². The molecule has 3 aromatic rings. The molecule has 0 unspecified atom stereocenters. The van der Waals surface area contributed by atoms with Gasteiger partial charge >= 0.3 is 0 Å². The fourth-order valence-electron chi connectivity index (χ4n) is 3.33. The van der Waals surface area contributed by atoms with Gasteiger partial charge in [0, 0.05) is 37.5 Å². The van der Waals surface area contributed by atoms with E-state index in [1.807, 2.05) is 0 Å². The van der Waals surface area contributed by atoms with Gasteiger partial charge in [-0.25, -0.2) is 13.4 Å². The molecule has 1 aliphatic rings. The quantitative estimate of drug-likeness (QED) is 0.635. The molecule has 1 aliphatic heterocycles. The van der Waals surface area contributed by atoms with Crippen LogP contribution in [0.25, 0.3) is 11.5 Å². The van der Waals surface area contributed by atoms with Crippen LogP contribution in [0.15, 0.2) is 46.3 Å². The van der Waals surface area contributed by atoms with Gasteiger partial charge < -0.3 is 14.4 Å². The Kier molecular flexibility index (Phi) is 5.64. The summed E-state index contributed by atoms with van der Waals surface area (Å²) in [7, 11) is -3.58. The average molecular weight is 430 g/mol. The molecule has 0 spiro atoms. The van der Waals surface area contributed by atoms with E-state index >= 15 is 0 Å². The maximum absolute atomic E-state index is 12.7. The molecule has 2 aromatic heterocycles. The van der Waals surface area contributed by atoms with E-state index in [9.17, 15) is 13.2 Å². The van der Waals surface area contributed by atoms with Crippen molar-refractivity contribution in [3.63, 3.8) is 0 Å². The average Bonchev–Trinajstić information content (AvgIpc) is 3.39. The number of sulfonamides is 1. The molecule has 4 rings (SSSR count). The van der Waals surface area contributed by atoms with Gasteiger partial charge in [0.15, 0.2) is 10.9 Å². The third kappa shape index (κ3) is 4.41. The number of amides is 1. The number of aromatic nitrogens is 4. The van der Waals surface area contributed by atoms with Crippen molar-refractivity contribution < 1.29 is 17.7 Å². The van der Waals surface area contributed by atoms with Gasteiger partial charge in [-0.3, -0.25) is 4.79 Å². The van der Waals surface area contributed by atoms with Crippen molar-refractivity contribution in [2.24, 2.45) is 0 Å². The summed E-state index contributed by atoms with van der Waals surface area (Å²) in [5, 5.41) is 6.69. The van der Waals surface area contributed by atoms with Crippen molar-refractivity contribution in [3.8, 4) is 11.5 Å². The molecule has 30 heavy (non-hydrogen) atoms. The van der Waals surface area contributed by atoms with Gasteiger partial charge in [0.1, 0.15) is 0 Å². The molecule has 0 bridgehead atoms. The summed E-state index contributed by atoms with van der Waals surface area (Å²) in [5.74, 6) is 0.515. The zero-order valence-electron chi connectivity index (χ0n) is 16.5. The summed E-state index contributed by atoms with van der Waals surface area (Å²) in [6, 6.07) is 7.07. The van der Waals surface area contributed by atoms with E-state index < -0.39 is 10.0 Å². The Morgan fingerprint density at radius 2 is 2.03 bits per heavy atom. The maximum Gasteiger partial charge on any atom is 0.262 e. The molecule has 158 valence electrons. The molecule has 0 aliphatic carbocycles. The molecule has 3 heterocycles. The second kappa shape index (κ2) is 8.36. The number of benzene rings is 1. The van der Waals surface area contributed by atoms with Gasteiger partial charge in [-0.1, -0.05) is 17.6 Å². The van der Waals surface area contributed by atoms with Crippen molar-refractivity contribution >= 4 is 21.6 Å². The number of hydrogen-bond acceptors (Lipinski definition) is 7. The van der Waals surface area contributed by atoms with Gasteiger partial charge in [0.25, 0.3) is 15.9 Å². The third-order valence-corrected chi connectivity index (χ3v) is 6.54. The monoisotopic (exact) mass is 430 g/mol. The van der Waals surface area contributed by atoms with Crippen molar-refractivity contribution in [1.29, 1.82) is 0 Å². The van der Waals surface area contributed by atoms with E-state index in [1.54, 1.807) is 28.8 Å². The number of hydrogen-bond donors (Lipinski definition) is 1. The SMILES string of the molecule is CC(=O)Nc1cccc(-c2nc(Cn3cnc(S(=O)(=O)N4CCCCC4)c3)no2)c1. The van der Waals surface area contributed by atoms with Crippen LogP contribution in [0.1, 0.15) is 32.0 Å². The largest absolute Gasteiger partial charge is 0.334 e. The van der Waals surface area contributed by atoms with Gasteiger partial charge in [0.2, 0.25) is 5.91 Å². The number of carbonyl (C=O) groups is 1. The fourth-order valence-corrected chi connectivity index (χ4v) is 4.78. The molecule has 0 atom stereocenters. The van der Waals surface area contributed by atoms with Gasteiger partial charge in [-0.2, -0.15) is 9.29 Å². The van der Waals surface area contributed by atoms with Crippen LogP contribution in [0.3, 0.4) is 0 Å². The van der Waals surface area contributed by atoms with Crippen LogP contribution in [0.4, 0.5) is 5.69 Å². The van der Waals surface area contributed by atoms with E-state index in [4.69, 9.17) is 4.52 Å². The first-order valence-corrected chi connectivity index (χ1v) is 11.1. The topological polar surface area (TPSA) is 123 Å². The molecular weight excluding hydrogens is 408 g/mol. The fraction of sp³-hybridized carbons (Fsp3) is 0.368. The number of anilines is 1. The van der Waals surface area contributed by atoms with Crippen LogP contribution in [0, 0.1) is 0 Å². The van der Waals surface area contributed by atoms with Crippen LogP contribution in [0.5, 0.6) is 0 Å². The predicted octanol–water partition coefficient (Wildman–Crippen LogP) is 2.11. The summed E-state index contributed by atoms with van der Waals surface area (Å²) < 4.78 is 33.9. The lowest BCUT2D eigenvalue weighted by Gasteiger charge is -2.24. The summed E-state index contributed by atoms with van der Waals surface area (Å²) >= 11 is 0. The van der Waals surface area contributed by atoms with Gasteiger partial charge in [-0.05, 0) is 31.0 Å². The molecule has 1 aromatic carbocycles. The summed E-state index contributed by atoms with van der Waals surface area (Å²) in [5.41, 5.74) is 1.29. The number of nitrogens with one attached hydrogen (secondary N) is 1. The van der Waals surface area contributed by atoms with E-state index in [2.05, 4.69) is 20.4 Å². The second-order valence-corrected chi connectivity index (χ2v) is 9.01. The van der Waals surface area contributed by atoms with Crippen LogP contribution in [0.2, 0.25) is 0 Å². The Morgan fingerprint density at radius 3 is 2.80 bits per heavy atom. The number of carbonyl (C=O) groups excluding carboxylic acids is 1. The second-order valence-electron chi connectivity index (χ2n) is 7.13. The van der Waals surface area contributed by atoms with Crippen LogP contribution in [-0.4, -0.2) is 51.4 Å². The smallest absolute Gasteiger partial charge is 0.262 e. The molecule has 1 N–H and O–H groups in total. The van der Waals surface area contributed by atoms with Gasteiger partial charge in [0.05, 0.1) is 12.9 Å². The van der Waals surface area contributed by atoms with Crippen molar-refractivity contribution in [2.75, 3.05) is 18.4 Å². The third-order valence-electron chi connectivity index (χ3n) is 4.75. The minimum Gasteiger partial charge on any atom is -0.334 e. The molecule has 0 radical (unpaired) electrons. The van der Waals surface area contributed by atoms with Crippen molar-refractivity contribution in [2.45, 2.75) is 37.8 Å². The van der Waals surface area contributed by atoms with E-state index in [-0.39, 0.29) is 17.5 Å². The molecule has 11 heteroatoms. The van der Waals surface area contributed by atoms with Crippen LogP contribution >= 0.6 is 0 Å². The molecule has 1 amide bonds. The minimum atomic E-state index is -3.58. The summed E-state index contributed by atoms with van der Waals surface area (Å²) in [4.78, 5) is 19.7. The van der Waals surface area contributed by atoms with E-state index in [0.29, 0.717) is 36.1 Å². The van der Waals surface area contributed by atoms with Crippen LogP contribution < -0.4 is 5.32 Å². The Hall–Kier alpha value is -3.05. The molecule has 0 saturated carbocycles. The standard InChI is InChI=1S/C19H22N6O4S/c1-14(26)21-16-7-5-6-15(10-16)19-22-17(23-29-19)11-24-12-18(20-13-24)30(27,28)25-8-3-2-4-9-25/h5-7,10,12-13H,2-4,8-9,11H2,1H3,(H,21,26). The zero-order valence-corrected chi connectivity index (χ0v) is 17.3. The number of rotatable bonds is 6. The highest BCUT2D eigenvalue weighted by molar-refractivity contribution is 7.89. The summed E-state index contributed by atoms with van der Waals surface area (Å²) in [6.07, 6.45) is 5.72. The normalized spacial score (nSPS) is 15.2. The number of piperidine rings is 1. The lowest BCUT2D eigenvalue weighted by molar-refractivity contribution is -0.114. The van der Waals surface area contributed by atoms with E-state index in [0.717, 1.165) is 19.3 Å². The van der Waals surface area contributed by atoms with E-state index in [1.165, 1.54) is 23.8 Å². The highest BCUT2D eigenvalue weighted by Crippen LogP contribution is 2.22. The zero-order chi connectivity index (χ0) is 21.1.